The number of thiazole rings is 1. The third-order valence-electron chi connectivity index (χ3n) is 12.0. The molecule has 2 heterocycles. The molecule has 0 radical (unpaired) electrons. The average Bonchev–Trinajstić information content (AvgIpc) is 4.07. The molecule has 0 aliphatic rings. The Labute approximate surface area is 425 Å². The summed E-state index contributed by atoms with van der Waals surface area (Å²) >= 11 is 5.31. The van der Waals surface area contributed by atoms with Crippen LogP contribution in [-0.4, -0.2) is 73.5 Å². The first-order valence-electron chi connectivity index (χ1n) is 22.5. The molecule has 0 fully saturated rings. The van der Waals surface area contributed by atoms with Gasteiger partial charge in [-0.25, -0.2) is 18.1 Å². The van der Waals surface area contributed by atoms with Crippen LogP contribution in [-0.2, 0) is 42.7 Å². The highest BCUT2D eigenvalue weighted by molar-refractivity contribution is 9.10. The van der Waals surface area contributed by atoms with Crippen molar-refractivity contribution >= 4 is 52.6 Å². The van der Waals surface area contributed by atoms with Gasteiger partial charge >= 0.3 is 0 Å². The number of halogens is 1. The Bertz CT molecular complexity index is 3250. The minimum Gasteiger partial charge on any atom is -0.497 e. The summed E-state index contributed by atoms with van der Waals surface area (Å²) < 4.78 is 63.5. The second kappa shape index (κ2) is 21.8. The number of fused-ring (bicyclic) bond motifs is 1. The number of nitrogens with zero attached hydrogens (tertiary/aromatic N) is 7. The number of ether oxygens (including phenoxy) is 5. The molecule has 362 valence electrons. The van der Waals surface area contributed by atoms with E-state index in [-0.39, 0.29) is 30.4 Å². The maximum absolute atomic E-state index is 16.0. The molecule has 9 rings (SSSR count). The number of anilines is 1. The summed E-state index contributed by atoms with van der Waals surface area (Å²) in [5.74, 6) is 3.80. The van der Waals surface area contributed by atoms with Gasteiger partial charge in [0.2, 0.25) is 10.0 Å². The zero-order valence-corrected chi connectivity index (χ0v) is 42.9. The lowest BCUT2D eigenvalue weighted by Gasteiger charge is -2.26. The Kier molecular flexibility index (Phi) is 14.9. The van der Waals surface area contributed by atoms with Gasteiger partial charge in [-0.15, -0.1) is 5.10 Å². The van der Waals surface area contributed by atoms with Crippen LogP contribution in [0.3, 0.4) is 0 Å². The molecule has 0 saturated carbocycles. The number of hydrogen-bond donors (Lipinski definition) is 0. The quantitative estimate of drug-likeness (QED) is 0.0717. The van der Waals surface area contributed by atoms with E-state index in [9.17, 15) is 0 Å². The van der Waals surface area contributed by atoms with Gasteiger partial charge in [-0.2, -0.15) is 4.31 Å². The fraction of sp³-hybridized carbons (Fsp3) is 0.185. The molecule has 71 heavy (non-hydrogen) atoms. The molecule has 17 heteroatoms. The summed E-state index contributed by atoms with van der Waals surface area (Å²) in [5.41, 5.74) is 6.81. The Morgan fingerprint density at radius 1 is 0.549 bits per heavy atom. The van der Waals surface area contributed by atoms with Gasteiger partial charge in [0.15, 0.2) is 11.0 Å². The van der Waals surface area contributed by atoms with Crippen molar-refractivity contribution in [2.45, 2.75) is 37.6 Å². The smallest absolute Gasteiger partial charge is 0.245 e. The van der Waals surface area contributed by atoms with Gasteiger partial charge in [-0.05, 0) is 133 Å². The third-order valence-corrected chi connectivity index (χ3v) is 15.9. The molecule has 0 amide bonds. The molecule has 0 unspecified atom stereocenters. The highest BCUT2D eigenvalue weighted by atomic mass is 79.9. The van der Waals surface area contributed by atoms with Gasteiger partial charge in [0.25, 0.3) is 0 Å². The molecule has 14 nitrogen and oxygen atoms in total. The second-order valence-electron chi connectivity index (χ2n) is 16.5. The minimum absolute atomic E-state index is 0.00380. The van der Waals surface area contributed by atoms with E-state index in [0.29, 0.717) is 57.0 Å². The van der Waals surface area contributed by atoms with Gasteiger partial charge in [0.05, 0.1) is 57.9 Å². The van der Waals surface area contributed by atoms with Gasteiger partial charge in [-0.3, -0.25) is 0 Å². The zero-order chi connectivity index (χ0) is 49.5. The van der Waals surface area contributed by atoms with Crippen molar-refractivity contribution in [3.05, 3.63) is 184 Å². The number of aromatic nitrogens is 5. The van der Waals surface area contributed by atoms with Crippen molar-refractivity contribution < 1.29 is 32.1 Å². The van der Waals surface area contributed by atoms with Crippen molar-refractivity contribution in [2.75, 3.05) is 40.4 Å². The van der Waals surface area contributed by atoms with Crippen LogP contribution >= 0.6 is 27.3 Å². The summed E-state index contributed by atoms with van der Waals surface area (Å²) in [6.45, 7) is 1.41. The summed E-state index contributed by atoms with van der Waals surface area (Å²) in [6, 6.07) is 48.0. The lowest BCUT2D eigenvalue weighted by atomic mass is 9.98. The Morgan fingerprint density at radius 3 is 1.46 bits per heavy atom. The Hall–Kier alpha value is -7.31. The molecular weight excluding hydrogens is 1000 g/mol. The first kappa shape index (κ1) is 48.7. The molecule has 2 aromatic heterocycles. The van der Waals surface area contributed by atoms with Crippen LogP contribution in [0, 0.1) is 0 Å². The van der Waals surface area contributed by atoms with E-state index < -0.39 is 10.0 Å². The van der Waals surface area contributed by atoms with Crippen LogP contribution < -0.4 is 28.6 Å². The predicted molar refractivity (Wildman–Crippen MR) is 280 cm³/mol. The van der Waals surface area contributed by atoms with Gasteiger partial charge < -0.3 is 28.6 Å². The van der Waals surface area contributed by atoms with E-state index in [1.54, 1.807) is 57.6 Å². The minimum atomic E-state index is -4.43. The SMILES string of the molecule is COc1ccc(CN(Cc2ccc(OC)cc2)c2nc3c(-c4ccc(Br)c(S(=O)(=O)N(Cc5ccc(OC)cc5)Cc5ccc(OC)cc5)c4-c4nnnn4Cc4ccc(OC)cc4)cccc3s2)cc1. The fourth-order valence-electron chi connectivity index (χ4n) is 8.26. The molecule has 0 spiro atoms. The zero-order valence-electron chi connectivity index (χ0n) is 39.7. The van der Waals surface area contributed by atoms with Crippen LogP contribution in [0.5, 0.6) is 28.7 Å². The number of tetrazole rings is 1. The number of sulfonamides is 1. The third kappa shape index (κ3) is 10.9. The van der Waals surface area contributed by atoms with E-state index in [0.717, 1.165) is 49.1 Å². The largest absolute Gasteiger partial charge is 0.497 e. The van der Waals surface area contributed by atoms with Gasteiger partial charge in [0.1, 0.15) is 33.6 Å². The van der Waals surface area contributed by atoms with Crippen molar-refractivity contribution in [3.63, 3.8) is 0 Å². The first-order chi connectivity index (χ1) is 34.6. The molecule has 0 atom stereocenters. The number of rotatable bonds is 20. The van der Waals surface area contributed by atoms with Crippen molar-refractivity contribution in [1.82, 2.24) is 29.5 Å². The van der Waals surface area contributed by atoms with Gasteiger partial charge in [0, 0.05) is 36.2 Å². The van der Waals surface area contributed by atoms with E-state index in [4.69, 9.17) is 28.7 Å². The maximum Gasteiger partial charge on any atom is 0.245 e. The molecular formula is C54H50BrN7O7S2. The normalized spacial score (nSPS) is 11.5. The summed E-state index contributed by atoms with van der Waals surface area (Å²) in [4.78, 5) is 7.63. The van der Waals surface area contributed by atoms with E-state index in [1.165, 1.54) is 4.31 Å². The summed E-state index contributed by atoms with van der Waals surface area (Å²) in [6.07, 6.45) is 0. The highest BCUT2D eigenvalue weighted by Crippen LogP contribution is 2.45. The van der Waals surface area contributed by atoms with Crippen molar-refractivity contribution in [1.29, 1.82) is 0 Å². The number of para-hydroxylation sites is 1. The topological polar surface area (TPSA) is 143 Å². The molecule has 0 bridgehead atoms. The highest BCUT2D eigenvalue weighted by Gasteiger charge is 2.35. The van der Waals surface area contributed by atoms with Crippen molar-refractivity contribution in [3.8, 4) is 51.3 Å². The maximum atomic E-state index is 16.0. The molecule has 0 aliphatic heterocycles. The van der Waals surface area contributed by atoms with Crippen molar-refractivity contribution in [2.24, 2.45) is 0 Å². The summed E-state index contributed by atoms with van der Waals surface area (Å²) in [5, 5.41) is 14.0. The van der Waals surface area contributed by atoms with E-state index in [1.807, 2.05) is 121 Å². The predicted octanol–water partition coefficient (Wildman–Crippen LogP) is 11.1. The Balaban J connectivity index is 1.22. The Morgan fingerprint density at radius 2 is 1.00 bits per heavy atom. The van der Waals surface area contributed by atoms with Crippen LogP contribution in [0.15, 0.2) is 161 Å². The van der Waals surface area contributed by atoms with Gasteiger partial charge in [-0.1, -0.05) is 90.2 Å². The fourth-order valence-corrected chi connectivity index (χ4v) is 11.9. The number of hydrogen-bond acceptors (Lipinski definition) is 13. The average molecular weight is 1050 g/mol. The molecule has 0 N–H and O–H groups in total. The number of methoxy groups -OCH3 is 5. The summed E-state index contributed by atoms with van der Waals surface area (Å²) in [7, 11) is 3.68. The van der Waals surface area contributed by atoms with E-state index in [2.05, 4.69) is 60.6 Å². The molecule has 9 aromatic rings. The lowest BCUT2D eigenvalue weighted by Crippen LogP contribution is -2.31. The monoisotopic (exact) mass is 1050 g/mol. The molecule has 7 aromatic carbocycles. The standard InChI is InChI=1S/C54H50BrN7O7S2/c1-65-41-19-9-36(10-20-41)31-60(32-37-11-21-42(66-2)22-12-37)54-56-51-47(7-6-8-49(51)70-54)46-29-30-48(55)52(50(46)53-57-58-59-62(53)35-40-17-27-45(69-5)28-18-40)71(63,64)61(33-38-13-23-43(67-3)24-14-38)34-39-15-25-44(68-4)26-16-39/h6-30H,31-35H2,1-5H3. The molecule has 0 saturated heterocycles. The number of benzene rings is 7. The van der Waals surface area contributed by atoms with Crippen LogP contribution in [0.25, 0.3) is 32.7 Å². The second-order valence-corrected chi connectivity index (χ2v) is 20.2. The van der Waals surface area contributed by atoms with Crippen LogP contribution in [0.4, 0.5) is 5.13 Å². The lowest BCUT2D eigenvalue weighted by molar-refractivity contribution is 0.397. The first-order valence-corrected chi connectivity index (χ1v) is 25.5. The van der Waals surface area contributed by atoms with Crippen LogP contribution in [0.2, 0.25) is 0 Å². The van der Waals surface area contributed by atoms with E-state index >= 15 is 8.42 Å². The van der Waals surface area contributed by atoms with Crippen LogP contribution in [0.1, 0.15) is 27.8 Å². The molecule has 0 aliphatic carbocycles.